The van der Waals surface area contributed by atoms with Gasteiger partial charge in [-0.2, -0.15) is 0 Å². The fourth-order valence-corrected chi connectivity index (χ4v) is 2.62. The third kappa shape index (κ3) is 7.09. The first-order chi connectivity index (χ1) is 9.47. The molecule has 1 rings (SSSR count). The zero-order chi connectivity index (χ0) is 15.0. The third-order valence-electron chi connectivity index (χ3n) is 2.78. The van der Waals surface area contributed by atoms with Crippen molar-refractivity contribution in [1.82, 2.24) is 5.32 Å². The number of carbonyl (C=O) groups is 2. The Hall–Kier alpha value is -1.62. The average molecular weight is 295 g/mol. The summed E-state index contributed by atoms with van der Waals surface area (Å²) in [6.45, 7) is 4.50. The molecule has 1 atom stereocenters. The molecule has 2 N–H and O–H groups in total. The van der Waals surface area contributed by atoms with Crippen molar-refractivity contribution >= 4 is 29.3 Å². The van der Waals surface area contributed by atoms with Crippen LogP contribution in [0, 0.1) is 11.8 Å². The first-order valence-electron chi connectivity index (χ1n) is 6.68. The van der Waals surface area contributed by atoms with Crippen LogP contribution in [0.5, 0.6) is 0 Å². The van der Waals surface area contributed by atoms with Crippen LogP contribution in [-0.2, 0) is 9.59 Å². The molecule has 1 aromatic rings. The summed E-state index contributed by atoms with van der Waals surface area (Å²) in [6.07, 6.45) is 4.13. The molecular weight excluding hydrogens is 274 g/mol. The molecule has 4 nitrogen and oxygen atoms in total. The molecule has 0 bridgehead atoms. The first-order valence-corrected chi connectivity index (χ1v) is 7.56. The number of aliphatic carboxylic acids is 1. The zero-order valence-corrected chi connectivity index (χ0v) is 12.7. The van der Waals surface area contributed by atoms with Gasteiger partial charge in [0.15, 0.2) is 0 Å². The quantitative estimate of drug-likeness (QED) is 0.724. The van der Waals surface area contributed by atoms with E-state index in [2.05, 4.69) is 5.32 Å². The van der Waals surface area contributed by atoms with Crippen LogP contribution in [-0.4, -0.2) is 23.5 Å². The second-order valence-electron chi connectivity index (χ2n) is 5.19. The SMILES string of the molecule is CC(C)C[C@H](CNC(=O)C=Cc1cccs1)CC(=O)O. The molecule has 1 aromatic heterocycles. The molecule has 1 amide bonds. The van der Waals surface area contributed by atoms with Gasteiger partial charge in [-0.05, 0) is 35.8 Å². The van der Waals surface area contributed by atoms with E-state index in [-0.39, 0.29) is 18.2 Å². The molecule has 0 aromatic carbocycles. The van der Waals surface area contributed by atoms with Crippen molar-refractivity contribution < 1.29 is 14.7 Å². The van der Waals surface area contributed by atoms with Crippen molar-refractivity contribution in [2.75, 3.05) is 6.54 Å². The average Bonchev–Trinajstić information content (AvgIpc) is 2.85. The van der Waals surface area contributed by atoms with Gasteiger partial charge in [0.05, 0.1) is 0 Å². The number of nitrogens with one attached hydrogen (secondary N) is 1. The number of carbonyl (C=O) groups excluding carboxylic acids is 1. The van der Waals surface area contributed by atoms with Crippen molar-refractivity contribution in [3.05, 3.63) is 28.5 Å². The van der Waals surface area contributed by atoms with Crippen LogP contribution in [0.15, 0.2) is 23.6 Å². The molecule has 0 aliphatic heterocycles. The Balaban J connectivity index is 2.41. The second-order valence-corrected chi connectivity index (χ2v) is 6.17. The Morgan fingerprint density at radius 3 is 2.75 bits per heavy atom. The smallest absolute Gasteiger partial charge is 0.303 e. The van der Waals surface area contributed by atoms with Gasteiger partial charge in [-0.3, -0.25) is 9.59 Å². The van der Waals surface area contributed by atoms with Gasteiger partial charge in [-0.25, -0.2) is 0 Å². The molecular formula is C15H21NO3S. The van der Waals surface area contributed by atoms with Crippen LogP contribution < -0.4 is 5.32 Å². The maximum Gasteiger partial charge on any atom is 0.303 e. The summed E-state index contributed by atoms with van der Waals surface area (Å²) in [6, 6.07) is 3.86. The van der Waals surface area contributed by atoms with E-state index in [1.54, 1.807) is 17.4 Å². The largest absolute Gasteiger partial charge is 0.481 e. The lowest BCUT2D eigenvalue weighted by molar-refractivity contribution is -0.138. The number of thiophene rings is 1. The van der Waals surface area contributed by atoms with Crippen molar-refractivity contribution in [2.24, 2.45) is 11.8 Å². The van der Waals surface area contributed by atoms with Crippen molar-refractivity contribution in [1.29, 1.82) is 0 Å². The maximum absolute atomic E-state index is 11.7. The van der Waals surface area contributed by atoms with Crippen LogP contribution in [0.4, 0.5) is 0 Å². The Labute approximate surface area is 123 Å². The Morgan fingerprint density at radius 1 is 1.45 bits per heavy atom. The van der Waals surface area contributed by atoms with Gasteiger partial charge in [-0.1, -0.05) is 19.9 Å². The lowest BCUT2D eigenvalue weighted by atomic mass is 9.94. The number of rotatable bonds is 8. The lowest BCUT2D eigenvalue weighted by Gasteiger charge is -2.17. The minimum absolute atomic E-state index is 0.0217. The number of hydrogen-bond donors (Lipinski definition) is 2. The highest BCUT2D eigenvalue weighted by atomic mass is 32.1. The number of carboxylic acid groups (broad SMARTS) is 1. The molecule has 1 heterocycles. The molecule has 20 heavy (non-hydrogen) atoms. The molecule has 0 saturated carbocycles. The predicted octanol–water partition coefficient (Wildman–Crippen LogP) is 3.01. The fraction of sp³-hybridized carbons (Fsp3) is 0.467. The molecule has 0 radical (unpaired) electrons. The minimum atomic E-state index is -0.820. The minimum Gasteiger partial charge on any atom is -0.481 e. The van der Waals surface area contributed by atoms with Crippen LogP contribution >= 0.6 is 11.3 Å². The van der Waals surface area contributed by atoms with Gasteiger partial charge in [0.2, 0.25) is 5.91 Å². The maximum atomic E-state index is 11.7. The normalized spacial score (nSPS) is 12.8. The fourth-order valence-electron chi connectivity index (χ4n) is 2.00. The highest BCUT2D eigenvalue weighted by molar-refractivity contribution is 7.10. The lowest BCUT2D eigenvalue weighted by Crippen LogP contribution is -2.29. The summed E-state index contributed by atoms with van der Waals surface area (Å²) < 4.78 is 0. The Kier molecular flexibility index (Phi) is 7.01. The summed E-state index contributed by atoms with van der Waals surface area (Å²) in [5.74, 6) is -0.610. The molecule has 0 aliphatic rings. The Morgan fingerprint density at radius 2 is 2.20 bits per heavy atom. The zero-order valence-electron chi connectivity index (χ0n) is 11.8. The first kappa shape index (κ1) is 16.4. The summed E-state index contributed by atoms with van der Waals surface area (Å²) >= 11 is 1.56. The van der Waals surface area contributed by atoms with E-state index < -0.39 is 5.97 Å². The predicted molar refractivity (Wildman–Crippen MR) is 81.6 cm³/mol. The topological polar surface area (TPSA) is 66.4 Å². The molecule has 0 saturated heterocycles. The van der Waals surface area contributed by atoms with E-state index >= 15 is 0 Å². The van der Waals surface area contributed by atoms with Crippen molar-refractivity contribution in [3.8, 4) is 0 Å². The van der Waals surface area contributed by atoms with Crippen LogP contribution in [0.3, 0.4) is 0 Å². The van der Waals surface area contributed by atoms with Crippen LogP contribution in [0.1, 0.15) is 31.6 Å². The van der Waals surface area contributed by atoms with E-state index in [1.165, 1.54) is 6.08 Å². The monoisotopic (exact) mass is 295 g/mol. The van der Waals surface area contributed by atoms with Crippen molar-refractivity contribution in [2.45, 2.75) is 26.7 Å². The van der Waals surface area contributed by atoms with Gasteiger partial charge < -0.3 is 10.4 Å². The van der Waals surface area contributed by atoms with Crippen LogP contribution in [0.25, 0.3) is 6.08 Å². The molecule has 5 heteroatoms. The molecule has 110 valence electrons. The second kappa shape index (κ2) is 8.53. The van der Waals surface area contributed by atoms with E-state index in [1.807, 2.05) is 31.4 Å². The number of amides is 1. The summed E-state index contributed by atoms with van der Waals surface area (Å²) in [4.78, 5) is 23.5. The number of hydrogen-bond acceptors (Lipinski definition) is 3. The highest BCUT2D eigenvalue weighted by Gasteiger charge is 2.15. The van der Waals surface area contributed by atoms with Gasteiger partial charge in [0.25, 0.3) is 0 Å². The molecule has 0 unspecified atom stereocenters. The summed E-state index contributed by atoms with van der Waals surface area (Å²) in [7, 11) is 0. The summed E-state index contributed by atoms with van der Waals surface area (Å²) in [5.41, 5.74) is 0. The Bertz CT molecular complexity index is 452. The summed E-state index contributed by atoms with van der Waals surface area (Å²) in [5, 5.41) is 13.6. The van der Waals surface area contributed by atoms with Crippen molar-refractivity contribution in [3.63, 3.8) is 0 Å². The molecule has 0 fully saturated rings. The molecule has 0 aliphatic carbocycles. The van der Waals surface area contributed by atoms with E-state index in [9.17, 15) is 9.59 Å². The third-order valence-corrected chi connectivity index (χ3v) is 3.61. The van der Waals surface area contributed by atoms with E-state index in [0.29, 0.717) is 12.5 Å². The number of carboxylic acids is 1. The van der Waals surface area contributed by atoms with Gasteiger partial charge >= 0.3 is 5.97 Å². The highest BCUT2D eigenvalue weighted by Crippen LogP contribution is 2.15. The van der Waals surface area contributed by atoms with Crippen LogP contribution in [0.2, 0.25) is 0 Å². The van der Waals surface area contributed by atoms with Gasteiger partial charge in [0.1, 0.15) is 0 Å². The van der Waals surface area contributed by atoms with E-state index in [0.717, 1.165) is 11.3 Å². The van der Waals surface area contributed by atoms with Gasteiger partial charge in [0, 0.05) is 23.9 Å². The molecule has 0 spiro atoms. The standard InChI is InChI=1S/C15H21NO3S/c1-11(2)8-12(9-15(18)19)10-16-14(17)6-5-13-4-3-7-20-13/h3-7,11-12H,8-10H2,1-2H3,(H,16,17)(H,18,19)/t12-/m0/s1. The van der Waals surface area contributed by atoms with E-state index in [4.69, 9.17) is 5.11 Å². The van der Waals surface area contributed by atoms with Gasteiger partial charge in [-0.15, -0.1) is 11.3 Å².